The van der Waals surface area contributed by atoms with Crippen LogP contribution in [0.3, 0.4) is 0 Å². The number of piperidine rings is 1. The molecule has 2 aromatic heterocycles. The maximum Gasteiger partial charge on any atom is 0.225 e. The number of alkyl halides is 1. The van der Waals surface area contributed by atoms with Crippen LogP contribution < -0.4 is 4.90 Å². The van der Waals surface area contributed by atoms with Gasteiger partial charge in [0.2, 0.25) is 5.95 Å². The molecule has 0 radical (unpaired) electrons. The number of rotatable bonds is 11. The molecule has 0 aliphatic carbocycles. The highest BCUT2D eigenvalue weighted by molar-refractivity contribution is 5.82. The SMILES string of the molecule is FCCOCCOCCOC1CCN(c2ncc(-c3cc4ccccc4o3)cn2)CC1. The van der Waals surface area contributed by atoms with Gasteiger partial charge in [0.1, 0.15) is 18.0 Å². The van der Waals surface area contributed by atoms with Gasteiger partial charge in [-0.05, 0) is 25.0 Å². The normalized spacial score (nSPS) is 15.1. The Kier molecular flexibility index (Phi) is 7.81. The predicted molar refractivity (Wildman–Crippen MR) is 116 cm³/mol. The van der Waals surface area contributed by atoms with Crippen LogP contribution in [0.5, 0.6) is 0 Å². The van der Waals surface area contributed by atoms with Gasteiger partial charge in [-0.1, -0.05) is 18.2 Å². The van der Waals surface area contributed by atoms with Crippen molar-refractivity contribution in [1.82, 2.24) is 9.97 Å². The fourth-order valence-electron chi connectivity index (χ4n) is 3.61. The molecule has 3 aromatic rings. The highest BCUT2D eigenvalue weighted by Gasteiger charge is 2.21. The van der Waals surface area contributed by atoms with Gasteiger partial charge in [-0.15, -0.1) is 0 Å². The van der Waals surface area contributed by atoms with Crippen LogP contribution in [0, 0.1) is 0 Å². The Morgan fingerprint density at radius 2 is 1.68 bits per heavy atom. The largest absolute Gasteiger partial charge is 0.456 e. The van der Waals surface area contributed by atoms with E-state index in [-0.39, 0.29) is 12.7 Å². The summed E-state index contributed by atoms with van der Waals surface area (Å²) in [6.45, 7) is 3.32. The first kappa shape index (κ1) is 21.7. The summed E-state index contributed by atoms with van der Waals surface area (Å²) >= 11 is 0. The minimum absolute atomic E-state index is 0.130. The van der Waals surface area contributed by atoms with Crippen molar-refractivity contribution in [3.8, 4) is 11.3 Å². The molecule has 7 nitrogen and oxygen atoms in total. The Morgan fingerprint density at radius 1 is 0.968 bits per heavy atom. The fourth-order valence-corrected chi connectivity index (χ4v) is 3.61. The number of nitrogens with zero attached hydrogens (tertiary/aromatic N) is 3. The average molecular weight is 429 g/mol. The topological polar surface area (TPSA) is 69.8 Å². The molecule has 0 unspecified atom stereocenters. The summed E-state index contributed by atoms with van der Waals surface area (Å²) in [6.07, 6.45) is 5.70. The van der Waals surface area contributed by atoms with E-state index in [2.05, 4.69) is 14.9 Å². The number of ether oxygens (including phenoxy) is 3. The van der Waals surface area contributed by atoms with Crippen LogP contribution >= 0.6 is 0 Å². The van der Waals surface area contributed by atoms with Crippen molar-refractivity contribution in [3.63, 3.8) is 0 Å². The van der Waals surface area contributed by atoms with Crippen LogP contribution in [0.1, 0.15) is 12.8 Å². The monoisotopic (exact) mass is 429 g/mol. The van der Waals surface area contributed by atoms with E-state index in [1.807, 2.05) is 42.7 Å². The maximum atomic E-state index is 11.9. The van der Waals surface area contributed by atoms with Crippen LogP contribution in [0.4, 0.5) is 10.3 Å². The first-order valence-electron chi connectivity index (χ1n) is 10.7. The molecule has 0 saturated carbocycles. The van der Waals surface area contributed by atoms with Crippen LogP contribution in [0.2, 0.25) is 0 Å². The van der Waals surface area contributed by atoms with E-state index in [0.717, 1.165) is 54.2 Å². The molecule has 1 saturated heterocycles. The van der Waals surface area contributed by atoms with Crippen LogP contribution in [-0.2, 0) is 14.2 Å². The van der Waals surface area contributed by atoms with Crippen molar-refractivity contribution < 1.29 is 23.0 Å². The van der Waals surface area contributed by atoms with Crippen molar-refractivity contribution >= 4 is 16.9 Å². The van der Waals surface area contributed by atoms with Crippen LogP contribution in [-0.4, -0.2) is 68.9 Å². The zero-order chi connectivity index (χ0) is 21.3. The standard InChI is InChI=1S/C23H28FN3O4/c24-7-10-28-11-12-29-13-14-30-20-5-8-27(9-6-20)23-25-16-19(17-26-23)22-15-18-3-1-2-4-21(18)31-22/h1-4,15-17,20H,5-14H2. The lowest BCUT2D eigenvalue weighted by molar-refractivity contribution is -0.0187. The Bertz CT molecular complexity index is 893. The molecule has 0 atom stereocenters. The van der Waals surface area contributed by atoms with Crippen molar-refractivity contribution in [2.24, 2.45) is 0 Å². The highest BCUT2D eigenvalue weighted by Crippen LogP contribution is 2.27. The molecule has 166 valence electrons. The summed E-state index contributed by atoms with van der Waals surface area (Å²) in [4.78, 5) is 11.3. The Labute approximate surface area is 181 Å². The lowest BCUT2D eigenvalue weighted by atomic mass is 10.1. The molecule has 0 N–H and O–H groups in total. The molecule has 31 heavy (non-hydrogen) atoms. The van der Waals surface area contributed by atoms with E-state index < -0.39 is 6.67 Å². The number of aromatic nitrogens is 2. The summed E-state index contributed by atoms with van der Waals surface area (Å²) in [7, 11) is 0. The summed E-state index contributed by atoms with van der Waals surface area (Å²) in [5.41, 5.74) is 1.73. The van der Waals surface area contributed by atoms with Gasteiger partial charge < -0.3 is 23.5 Å². The summed E-state index contributed by atoms with van der Waals surface area (Å²) in [6, 6.07) is 9.95. The van der Waals surface area contributed by atoms with Crippen molar-refractivity contribution in [2.45, 2.75) is 18.9 Å². The van der Waals surface area contributed by atoms with E-state index in [1.54, 1.807) is 0 Å². The highest BCUT2D eigenvalue weighted by atomic mass is 19.1. The van der Waals surface area contributed by atoms with E-state index >= 15 is 0 Å². The molecule has 8 heteroatoms. The first-order chi connectivity index (χ1) is 15.3. The lowest BCUT2D eigenvalue weighted by Gasteiger charge is -2.31. The second-order valence-electron chi connectivity index (χ2n) is 7.39. The third-order valence-electron chi connectivity index (χ3n) is 5.25. The zero-order valence-electron chi connectivity index (χ0n) is 17.5. The molecule has 1 aromatic carbocycles. The molecule has 0 spiro atoms. The second kappa shape index (κ2) is 11.2. The van der Waals surface area contributed by atoms with Gasteiger partial charge in [0.05, 0.1) is 44.7 Å². The number of anilines is 1. The molecular formula is C23H28FN3O4. The third-order valence-corrected chi connectivity index (χ3v) is 5.25. The van der Waals surface area contributed by atoms with Crippen LogP contribution in [0.25, 0.3) is 22.3 Å². The predicted octanol–water partition coefficient (Wildman–Crippen LogP) is 3.88. The molecule has 1 fully saturated rings. The van der Waals surface area contributed by atoms with Gasteiger partial charge in [0, 0.05) is 30.9 Å². The van der Waals surface area contributed by atoms with Gasteiger partial charge in [-0.3, -0.25) is 0 Å². The molecule has 1 aliphatic heterocycles. The van der Waals surface area contributed by atoms with E-state index in [1.165, 1.54) is 0 Å². The van der Waals surface area contributed by atoms with Crippen LogP contribution in [0.15, 0.2) is 47.1 Å². The first-order valence-corrected chi connectivity index (χ1v) is 10.7. The number of hydrogen-bond acceptors (Lipinski definition) is 7. The summed E-state index contributed by atoms with van der Waals surface area (Å²) < 4.78 is 34.1. The molecule has 3 heterocycles. The van der Waals surface area contributed by atoms with Gasteiger partial charge >= 0.3 is 0 Å². The Morgan fingerprint density at radius 3 is 2.42 bits per heavy atom. The molecule has 4 rings (SSSR count). The summed E-state index contributed by atoms with van der Waals surface area (Å²) in [5.74, 6) is 1.51. The van der Waals surface area contributed by atoms with E-state index in [9.17, 15) is 4.39 Å². The van der Waals surface area contributed by atoms with Gasteiger partial charge in [-0.2, -0.15) is 0 Å². The molecular weight excluding hydrogens is 401 g/mol. The summed E-state index contributed by atoms with van der Waals surface area (Å²) in [5, 5.41) is 1.07. The molecule has 1 aliphatic rings. The third kappa shape index (κ3) is 6.00. The number of halogens is 1. The van der Waals surface area contributed by atoms with Crippen molar-refractivity contribution in [3.05, 3.63) is 42.7 Å². The van der Waals surface area contributed by atoms with Gasteiger partial charge in [0.25, 0.3) is 0 Å². The fraction of sp³-hybridized carbons (Fsp3) is 0.478. The molecule has 0 bridgehead atoms. The average Bonchev–Trinajstić information content (AvgIpc) is 3.26. The number of fused-ring (bicyclic) bond motifs is 1. The minimum atomic E-state index is -0.460. The van der Waals surface area contributed by atoms with Crippen molar-refractivity contribution in [2.75, 3.05) is 57.7 Å². The minimum Gasteiger partial charge on any atom is -0.456 e. The Balaban J connectivity index is 1.19. The number of furan rings is 1. The lowest BCUT2D eigenvalue weighted by Crippen LogP contribution is -2.38. The second-order valence-corrected chi connectivity index (χ2v) is 7.39. The number of hydrogen-bond donors (Lipinski definition) is 0. The Hall–Kier alpha value is -2.55. The molecule has 0 amide bonds. The smallest absolute Gasteiger partial charge is 0.225 e. The quantitative estimate of drug-likeness (QED) is 0.429. The van der Waals surface area contributed by atoms with Gasteiger partial charge in [0.15, 0.2) is 0 Å². The number of benzene rings is 1. The van der Waals surface area contributed by atoms with E-state index in [0.29, 0.717) is 26.4 Å². The van der Waals surface area contributed by atoms with E-state index in [4.69, 9.17) is 18.6 Å². The maximum absolute atomic E-state index is 11.9. The van der Waals surface area contributed by atoms with Crippen molar-refractivity contribution in [1.29, 1.82) is 0 Å². The number of para-hydroxylation sites is 1. The zero-order valence-corrected chi connectivity index (χ0v) is 17.5. The van der Waals surface area contributed by atoms with Gasteiger partial charge in [-0.25, -0.2) is 14.4 Å².